The van der Waals surface area contributed by atoms with Gasteiger partial charge in [-0.25, -0.2) is 0 Å². The third-order valence-electron chi connectivity index (χ3n) is 5.84. The molecule has 2 heterocycles. The second kappa shape index (κ2) is 9.16. The van der Waals surface area contributed by atoms with Gasteiger partial charge in [0, 0.05) is 43.9 Å². The largest absolute Gasteiger partial charge is 0.490 e. The Balaban J connectivity index is 1.36. The Morgan fingerprint density at radius 2 is 1.81 bits per heavy atom. The summed E-state index contributed by atoms with van der Waals surface area (Å²) in [4.78, 5) is 29.0. The van der Waals surface area contributed by atoms with Crippen LogP contribution in [0.4, 0.5) is 0 Å². The van der Waals surface area contributed by atoms with Crippen LogP contribution < -0.4 is 4.74 Å². The van der Waals surface area contributed by atoms with Crippen LogP contribution in [-0.2, 0) is 9.59 Å². The first kappa shape index (κ1) is 20.8. The van der Waals surface area contributed by atoms with Gasteiger partial charge in [0.05, 0.1) is 11.9 Å². The van der Waals surface area contributed by atoms with Crippen molar-refractivity contribution in [3.63, 3.8) is 0 Å². The Morgan fingerprint density at radius 3 is 2.52 bits per heavy atom. The number of hydrogen-bond donors (Lipinski definition) is 1. The Bertz CT molecular complexity index is 1090. The molecule has 1 N–H and O–H groups in total. The Labute approximate surface area is 181 Å². The number of aryl methyl sites for hydroxylation is 1. The highest BCUT2D eigenvalue weighted by Gasteiger charge is 2.24. The molecule has 0 aliphatic carbocycles. The lowest BCUT2D eigenvalue weighted by molar-refractivity contribution is -0.141. The summed E-state index contributed by atoms with van der Waals surface area (Å²) in [6.45, 7) is 3.30. The van der Waals surface area contributed by atoms with Gasteiger partial charge in [-0.15, -0.1) is 0 Å². The maximum absolute atomic E-state index is 12.1. The van der Waals surface area contributed by atoms with Gasteiger partial charge in [-0.1, -0.05) is 30.3 Å². The number of pyridine rings is 1. The number of likely N-dealkylation sites (tertiary alicyclic amines) is 1. The Hall–Kier alpha value is -3.41. The number of carboxylic acid groups (broad SMARTS) is 1. The number of aromatic nitrogens is 1. The molecule has 6 nitrogen and oxygen atoms in total. The van der Waals surface area contributed by atoms with Crippen LogP contribution in [0, 0.1) is 6.92 Å². The zero-order chi connectivity index (χ0) is 21.8. The molecule has 2 aromatic carbocycles. The molecule has 0 bridgehead atoms. The van der Waals surface area contributed by atoms with E-state index in [2.05, 4.69) is 42.2 Å². The average molecular weight is 418 g/mol. The van der Waals surface area contributed by atoms with E-state index in [1.807, 2.05) is 24.4 Å². The molecule has 6 heteroatoms. The number of fused-ring (bicyclic) bond motifs is 1. The summed E-state index contributed by atoms with van der Waals surface area (Å²) < 4.78 is 6.13. The van der Waals surface area contributed by atoms with Crippen molar-refractivity contribution in [3.05, 3.63) is 60.3 Å². The molecule has 1 fully saturated rings. The summed E-state index contributed by atoms with van der Waals surface area (Å²) in [7, 11) is 0. The molecular weight excluding hydrogens is 392 g/mol. The molecule has 1 aromatic heterocycles. The summed E-state index contributed by atoms with van der Waals surface area (Å²) >= 11 is 0. The van der Waals surface area contributed by atoms with Crippen LogP contribution in [-0.4, -0.2) is 46.1 Å². The van der Waals surface area contributed by atoms with Crippen molar-refractivity contribution in [2.45, 2.75) is 38.7 Å². The van der Waals surface area contributed by atoms with Crippen molar-refractivity contribution in [1.29, 1.82) is 0 Å². The molecular formula is C25H26N2O4. The smallest absolute Gasteiger partial charge is 0.303 e. The number of hydrogen-bond acceptors (Lipinski definition) is 4. The van der Waals surface area contributed by atoms with E-state index < -0.39 is 5.97 Å². The molecule has 0 unspecified atom stereocenters. The van der Waals surface area contributed by atoms with Crippen molar-refractivity contribution in [2.75, 3.05) is 13.1 Å². The topological polar surface area (TPSA) is 79.7 Å². The van der Waals surface area contributed by atoms with Crippen molar-refractivity contribution < 1.29 is 19.4 Å². The van der Waals surface area contributed by atoms with Gasteiger partial charge in [0.1, 0.15) is 11.9 Å². The van der Waals surface area contributed by atoms with Gasteiger partial charge in [-0.3, -0.25) is 14.6 Å². The maximum Gasteiger partial charge on any atom is 0.303 e. The lowest BCUT2D eigenvalue weighted by Crippen LogP contribution is -2.41. The molecule has 3 aromatic rings. The number of piperidine rings is 1. The molecule has 0 radical (unpaired) electrons. The minimum absolute atomic E-state index is 0.0565. The minimum Gasteiger partial charge on any atom is -0.490 e. The number of aliphatic carboxylic acids is 1. The molecule has 0 spiro atoms. The molecule has 1 aliphatic heterocycles. The quantitative estimate of drug-likeness (QED) is 0.640. The van der Waals surface area contributed by atoms with Gasteiger partial charge >= 0.3 is 5.97 Å². The maximum atomic E-state index is 12.1. The first-order chi connectivity index (χ1) is 15.0. The summed E-state index contributed by atoms with van der Waals surface area (Å²) in [5.41, 5.74) is 4.46. The fourth-order valence-corrected chi connectivity index (χ4v) is 4.10. The highest BCUT2D eigenvalue weighted by atomic mass is 16.5. The van der Waals surface area contributed by atoms with Gasteiger partial charge in [0.25, 0.3) is 0 Å². The van der Waals surface area contributed by atoms with E-state index >= 15 is 0 Å². The highest BCUT2D eigenvalue weighted by molar-refractivity contribution is 5.88. The lowest BCUT2D eigenvalue weighted by Gasteiger charge is -2.32. The summed E-state index contributed by atoms with van der Waals surface area (Å²) in [5.74, 6) is -0.216. The predicted octanol–water partition coefficient (Wildman–Crippen LogP) is 4.44. The van der Waals surface area contributed by atoms with Crippen molar-refractivity contribution in [3.8, 4) is 16.9 Å². The molecule has 31 heavy (non-hydrogen) atoms. The number of rotatable bonds is 6. The minimum atomic E-state index is -0.940. The normalized spacial score (nSPS) is 14.5. The van der Waals surface area contributed by atoms with Gasteiger partial charge in [-0.2, -0.15) is 0 Å². The standard InChI is InChI=1S/C25H26N2O4/c1-17-22(9-6-19-3-2-14-26-25(17)19)18-4-7-20(8-5-18)31-21-12-15-27(16-13-21)23(28)10-11-24(29)30/h2-9,14,21H,10-13,15-16H2,1H3,(H,29,30). The molecule has 1 aliphatic rings. The van der Waals surface area contributed by atoms with Crippen LogP contribution in [0.25, 0.3) is 22.0 Å². The van der Waals surface area contributed by atoms with E-state index in [1.54, 1.807) is 4.90 Å². The number of carbonyl (C=O) groups is 2. The predicted molar refractivity (Wildman–Crippen MR) is 119 cm³/mol. The third-order valence-corrected chi connectivity index (χ3v) is 5.84. The molecule has 1 saturated heterocycles. The lowest BCUT2D eigenvalue weighted by atomic mass is 9.98. The summed E-state index contributed by atoms with van der Waals surface area (Å²) in [6, 6.07) is 16.4. The van der Waals surface area contributed by atoms with Crippen LogP contribution in [0.1, 0.15) is 31.2 Å². The van der Waals surface area contributed by atoms with Crippen LogP contribution in [0.2, 0.25) is 0 Å². The van der Waals surface area contributed by atoms with E-state index in [-0.39, 0.29) is 24.9 Å². The van der Waals surface area contributed by atoms with Gasteiger partial charge in [0.15, 0.2) is 0 Å². The molecule has 160 valence electrons. The van der Waals surface area contributed by atoms with Crippen molar-refractivity contribution in [2.24, 2.45) is 0 Å². The summed E-state index contributed by atoms with van der Waals surface area (Å²) in [6.07, 6.45) is 3.31. The summed E-state index contributed by atoms with van der Waals surface area (Å²) in [5, 5.41) is 9.86. The van der Waals surface area contributed by atoms with Crippen LogP contribution in [0.15, 0.2) is 54.7 Å². The first-order valence-electron chi connectivity index (χ1n) is 10.6. The fourth-order valence-electron chi connectivity index (χ4n) is 4.10. The average Bonchev–Trinajstić information content (AvgIpc) is 2.79. The van der Waals surface area contributed by atoms with Gasteiger partial charge in [-0.05, 0) is 41.8 Å². The van der Waals surface area contributed by atoms with E-state index in [4.69, 9.17) is 9.84 Å². The molecule has 4 rings (SSSR count). The zero-order valence-corrected chi connectivity index (χ0v) is 17.6. The molecule has 0 atom stereocenters. The number of carboxylic acids is 1. The van der Waals surface area contributed by atoms with Gasteiger partial charge in [0.2, 0.25) is 5.91 Å². The monoisotopic (exact) mass is 418 g/mol. The van der Waals surface area contributed by atoms with Gasteiger partial charge < -0.3 is 14.7 Å². The van der Waals surface area contributed by atoms with Crippen LogP contribution in [0.3, 0.4) is 0 Å². The van der Waals surface area contributed by atoms with E-state index in [9.17, 15) is 9.59 Å². The zero-order valence-electron chi connectivity index (χ0n) is 17.6. The Morgan fingerprint density at radius 1 is 1.06 bits per heavy atom. The number of amides is 1. The molecule has 0 saturated carbocycles. The SMILES string of the molecule is Cc1c(-c2ccc(OC3CCN(C(=O)CCC(=O)O)CC3)cc2)ccc2cccnc12. The first-order valence-corrected chi connectivity index (χ1v) is 10.6. The van der Waals surface area contributed by atoms with E-state index in [0.717, 1.165) is 46.2 Å². The second-order valence-corrected chi connectivity index (χ2v) is 7.93. The van der Waals surface area contributed by atoms with E-state index in [0.29, 0.717) is 13.1 Å². The molecule has 1 amide bonds. The van der Waals surface area contributed by atoms with E-state index in [1.165, 1.54) is 0 Å². The fraction of sp³-hybridized carbons (Fsp3) is 0.320. The second-order valence-electron chi connectivity index (χ2n) is 7.93. The third kappa shape index (κ3) is 4.85. The number of nitrogens with zero attached hydrogens (tertiary/aromatic N) is 2. The number of ether oxygens (including phenoxy) is 1. The highest BCUT2D eigenvalue weighted by Crippen LogP contribution is 2.30. The van der Waals surface area contributed by atoms with Crippen LogP contribution >= 0.6 is 0 Å². The van der Waals surface area contributed by atoms with Crippen LogP contribution in [0.5, 0.6) is 5.75 Å². The van der Waals surface area contributed by atoms with Crippen molar-refractivity contribution >= 4 is 22.8 Å². The number of carbonyl (C=O) groups excluding carboxylic acids is 1. The Kier molecular flexibility index (Phi) is 6.16. The van der Waals surface area contributed by atoms with Crippen molar-refractivity contribution in [1.82, 2.24) is 9.88 Å². The number of benzene rings is 2.